The Kier molecular flexibility index (Phi) is 8.87. The van der Waals surface area contributed by atoms with Gasteiger partial charge in [-0.05, 0) is 37.1 Å². The fourth-order valence-corrected chi connectivity index (χ4v) is 3.85. The highest BCUT2D eigenvalue weighted by molar-refractivity contribution is 7.14. The van der Waals surface area contributed by atoms with Crippen molar-refractivity contribution in [1.82, 2.24) is 4.98 Å². The van der Waals surface area contributed by atoms with Gasteiger partial charge in [-0.2, -0.15) is 0 Å². The zero-order valence-corrected chi connectivity index (χ0v) is 19.7. The van der Waals surface area contributed by atoms with Crippen LogP contribution in [0.25, 0.3) is 17.3 Å². The molecule has 0 unspecified atom stereocenters. The molecule has 0 aliphatic rings. The summed E-state index contributed by atoms with van der Waals surface area (Å²) in [5.74, 6) is 1.15. The fourth-order valence-electron chi connectivity index (χ4n) is 3.13. The molecule has 0 aliphatic carbocycles. The maximum absolute atomic E-state index is 12.3. The van der Waals surface area contributed by atoms with E-state index >= 15 is 0 Å². The Labute approximate surface area is 194 Å². The molecule has 3 aromatic rings. The Hall–Kier alpha value is -3.12. The predicted molar refractivity (Wildman–Crippen MR) is 133 cm³/mol. The molecule has 1 heterocycles. The van der Waals surface area contributed by atoms with Crippen LogP contribution < -0.4 is 14.8 Å². The van der Waals surface area contributed by atoms with E-state index in [-0.39, 0.29) is 5.91 Å². The maximum Gasteiger partial charge on any atom is 0.250 e. The summed E-state index contributed by atoms with van der Waals surface area (Å²) in [6, 6.07) is 13.8. The van der Waals surface area contributed by atoms with Crippen LogP contribution >= 0.6 is 11.3 Å². The summed E-state index contributed by atoms with van der Waals surface area (Å²) in [7, 11) is 1.62. The first-order chi connectivity index (χ1) is 15.6. The molecule has 0 radical (unpaired) electrons. The largest absolute Gasteiger partial charge is 0.493 e. The highest BCUT2D eigenvalue weighted by Crippen LogP contribution is 2.29. The minimum absolute atomic E-state index is 0.231. The second-order valence-electron chi connectivity index (χ2n) is 7.55. The van der Waals surface area contributed by atoms with Gasteiger partial charge in [-0.25, -0.2) is 4.98 Å². The molecule has 32 heavy (non-hydrogen) atoms. The van der Waals surface area contributed by atoms with Crippen LogP contribution in [0, 0.1) is 6.92 Å². The average molecular weight is 451 g/mol. The third kappa shape index (κ3) is 6.95. The van der Waals surface area contributed by atoms with Gasteiger partial charge in [0.15, 0.2) is 16.6 Å². The fraction of sp³-hybridized carbons (Fsp3) is 0.308. The van der Waals surface area contributed by atoms with Crippen molar-refractivity contribution in [2.45, 2.75) is 39.5 Å². The van der Waals surface area contributed by atoms with Crippen LogP contribution in [-0.4, -0.2) is 24.6 Å². The van der Waals surface area contributed by atoms with Crippen LogP contribution in [0.15, 0.2) is 53.9 Å². The maximum atomic E-state index is 12.3. The number of hydrogen-bond acceptors (Lipinski definition) is 5. The molecule has 168 valence electrons. The van der Waals surface area contributed by atoms with Crippen LogP contribution in [0.2, 0.25) is 0 Å². The van der Waals surface area contributed by atoms with E-state index in [4.69, 9.17) is 9.47 Å². The lowest BCUT2D eigenvalue weighted by atomic mass is 10.1. The second-order valence-corrected chi connectivity index (χ2v) is 8.40. The molecule has 1 aromatic heterocycles. The molecule has 3 rings (SSSR count). The number of rotatable bonds is 11. The summed E-state index contributed by atoms with van der Waals surface area (Å²) in [6.45, 7) is 4.91. The molecule has 0 saturated carbocycles. The lowest BCUT2D eigenvalue weighted by Gasteiger charge is -2.11. The summed E-state index contributed by atoms with van der Waals surface area (Å²) in [5, 5.41) is 5.33. The molecule has 0 aliphatic heterocycles. The highest BCUT2D eigenvalue weighted by Gasteiger charge is 2.08. The smallest absolute Gasteiger partial charge is 0.250 e. The van der Waals surface area contributed by atoms with Crippen LogP contribution in [0.1, 0.15) is 43.7 Å². The van der Waals surface area contributed by atoms with Crippen molar-refractivity contribution < 1.29 is 14.3 Å². The van der Waals surface area contributed by atoms with Gasteiger partial charge in [0, 0.05) is 17.0 Å². The van der Waals surface area contributed by atoms with E-state index in [1.165, 1.54) is 42.2 Å². The molecule has 1 N–H and O–H groups in total. The van der Waals surface area contributed by atoms with Gasteiger partial charge in [-0.3, -0.25) is 10.1 Å². The third-order valence-corrected chi connectivity index (χ3v) is 5.71. The summed E-state index contributed by atoms with van der Waals surface area (Å²) in [5.41, 5.74) is 3.94. The van der Waals surface area contributed by atoms with Crippen molar-refractivity contribution in [1.29, 1.82) is 0 Å². The van der Waals surface area contributed by atoms with Crippen LogP contribution in [0.3, 0.4) is 0 Å². The van der Waals surface area contributed by atoms with Crippen molar-refractivity contribution in [2.24, 2.45) is 0 Å². The van der Waals surface area contributed by atoms with E-state index in [9.17, 15) is 4.79 Å². The van der Waals surface area contributed by atoms with Gasteiger partial charge < -0.3 is 9.47 Å². The van der Waals surface area contributed by atoms with Gasteiger partial charge in [0.25, 0.3) is 0 Å². The first kappa shape index (κ1) is 23.5. The first-order valence-electron chi connectivity index (χ1n) is 10.9. The van der Waals surface area contributed by atoms with Gasteiger partial charge >= 0.3 is 0 Å². The lowest BCUT2D eigenvalue weighted by Crippen LogP contribution is -2.07. The monoisotopic (exact) mass is 450 g/mol. The van der Waals surface area contributed by atoms with Crippen LogP contribution in [-0.2, 0) is 4.79 Å². The number of thiazole rings is 1. The number of aryl methyl sites for hydroxylation is 1. The van der Waals surface area contributed by atoms with E-state index in [1.807, 2.05) is 54.8 Å². The number of anilines is 1. The van der Waals surface area contributed by atoms with Crippen molar-refractivity contribution in [2.75, 3.05) is 19.0 Å². The molecular formula is C26H30N2O3S. The van der Waals surface area contributed by atoms with Crippen molar-refractivity contribution in [3.63, 3.8) is 0 Å². The third-order valence-electron chi connectivity index (χ3n) is 4.95. The Morgan fingerprint density at radius 1 is 1.09 bits per heavy atom. The number of methoxy groups -OCH3 is 1. The Bertz CT molecular complexity index is 1040. The number of aromatic nitrogens is 1. The molecule has 6 heteroatoms. The molecule has 0 saturated heterocycles. The first-order valence-corrected chi connectivity index (χ1v) is 11.8. The van der Waals surface area contributed by atoms with Crippen molar-refractivity contribution in [3.8, 4) is 22.8 Å². The molecular weight excluding hydrogens is 420 g/mol. The Morgan fingerprint density at radius 3 is 2.66 bits per heavy atom. The molecule has 2 aromatic carbocycles. The SMILES string of the molecule is CCCCCCOc1ccc(/C=C/C(=O)Nc2nc(-c3ccc(C)cc3)cs2)cc1OC. The number of unbranched alkanes of at least 4 members (excludes halogenated alkanes) is 3. The zero-order valence-electron chi connectivity index (χ0n) is 18.9. The molecule has 1 amide bonds. The minimum atomic E-state index is -0.231. The average Bonchev–Trinajstić information content (AvgIpc) is 3.26. The summed E-state index contributed by atoms with van der Waals surface area (Å²) in [6.07, 6.45) is 7.86. The minimum Gasteiger partial charge on any atom is -0.493 e. The zero-order chi connectivity index (χ0) is 22.8. The van der Waals surface area contributed by atoms with Crippen LogP contribution in [0.4, 0.5) is 5.13 Å². The van der Waals surface area contributed by atoms with Gasteiger partial charge in [0.1, 0.15) is 0 Å². The number of ether oxygens (including phenoxy) is 2. The van der Waals surface area contributed by atoms with Gasteiger partial charge in [-0.1, -0.05) is 62.1 Å². The van der Waals surface area contributed by atoms with E-state index < -0.39 is 0 Å². The van der Waals surface area contributed by atoms with Crippen molar-refractivity contribution in [3.05, 3.63) is 65.0 Å². The number of amides is 1. The van der Waals surface area contributed by atoms with E-state index in [0.29, 0.717) is 17.5 Å². The van der Waals surface area contributed by atoms with E-state index in [2.05, 4.69) is 17.2 Å². The molecule has 5 nitrogen and oxygen atoms in total. The quantitative estimate of drug-likeness (QED) is 0.260. The van der Waals surface area contributed by atoms with Gasteiger partial charge in [0.05, 0.1) is 19.4 Å². The molecule has 0 spiro atoms. The summed E-state index contributed by atoms with van der Waals surface area (Å²) < 4.78 is 11.3. The Morgan fingerprint density at radius 2 is 1.91 bits per heavy atom. The number of carbonyl (C=O) groups is 1. The van der Waals surface area contributed by atoms with E-state index in [1.54, 1.807) is 13.2 Å². The van der Waals surface area contributed by atoms with Crippen LogP contribution in [0.5, 0.6) is 11.5 Å². The Balaban J connectivity index is 1.56. The van der Waals surface area contributed by atoms with Gasteiger partial charge in [-0.15, -0.1) is 11.3 Å². The predicted octanol–water partition coefficient (Wildman–Crippen LogP) is 6.74. The molecule has 0 atom stereocenters. The number of benzene rings is 2. The number of hydrogen-bond donors (Lipinski definition) is 1. The topological polar surface area (TPSA) is 60.5 Å². The van der Waals surface area contributed by atoms with Crippen molar-refractivity contribution >= 4 is 28.5 Å². The lowest BCUT2D eigenvalue weighted by molar-refractivity contribution is -0.111. The van der Waals surface area contributed by atoms with E-state index in [0.717, 1.165) is 29.0 Å². The summed E-state index contributed by atoms with van der Waals surface area (Å²) >= 11 is 1.41. The highest BCUT2D eigenvalue weighted by atomic mass is 32.1. The van der Waals surface area contributed by atoms with Gasteiger partial charge in [0.2, 0.25) is 5.91 Å². The number of carbonyl (C=O) groups excluding carboxylic acids is 1. The standard InChI is InChI=1S/C26H30N2O3S/c1-4-5-6-7-16-31-23-14-10-20(17-24(23)30-3)11-15-25(29)28-26-27-22(18-32-26)21-12-8-19(2)9-13-21/h8-15,17-18H,4-7,16H2,1-3H3,(H,27,28,29)/b15-11+. The summed E-state index contributed by atoms with van der Waals surface area (Å²) in [4.78, 5) is 16.8. The molecule has 0 fully saturated rings. The number of nitrogens with zero attached hydrogens (tertiary/aromatic N) is 1. The normalized spacial score (nSPS) is 11.0. The number of nitrogens with one attached hydrogen (secondary N) is 1. The second kappa shape index (κ2) is 12.1. The molecule has 0 bridgehead atoms.